The van der Waals surface area contributed by atoms with E-state index < -0.39 is 6.10 Å². The maximum Gasteiger partial charge on any atom is 0.161 e. The van der Waals surface area contributed by atoms with Crippen molar-refractivity contribution in [2.24, 2.45) is 0 Å². The van der Waals surface area contributed by atoms with Gasteiger partial charge in [-0.25, -0.2) is 0 Å². The summed E-state index contributed by atoms with van der Waals surface area (Å²) in [6, 6.07) is 6.60. The van der Waals surface area contributed by atoms with Gasteiger partial charge in [0.25, 0.3) is 0 Å². The number of likely N-dealkylation sites (N-methyl/N-ethyl adjacent to an activating group) is 1. The number of ether oxygens (including phenoxy) is 3. The minimum Gasteiger partial charge on any atom is -0.493 e. The molecule has 0 aliphatic carbocycles. The first kappa shape index (κ1) is 22.0. The number of hydrogen-bond acceptors (Lipinski definition) is 6. The minimum absolute atomic E-state index is 0.256. The zero-order valence-corrected chi connectivity index (χ0v) is 17.3. The van der Waals surface area contributed by atoms with E-state index >= 15 is 0 Å². The fraction of sp³-hybridized carbons (Fsp3) is 0.714. The van der Waals surface area contributed by atoms with Crippen molar-refractivity contribution in [3.8, 4) is 11.5 Å². The van der Waals surface area contributed by atoms with E-state index in [1.807, 2.05) is 12.1 Å². The molecule has 154 valence electrons. The molecule has 1 aliphatic rings. The van der Waals surface area contributed by atoms with Crippen molar-refractivity contribution >= 4 is 0 Å². The third-order valence-corrected chi connectivity index (χ3v) is 5.27. The fourth-order valence-electron chi connectivity index (χ4n) is 3.49. The maximum atomic E-state index is 10.3. The summed E-state index contributed by atoms with van der Waals surface area (Å²) >= 11 is 0. The van der Waals surface area contributed by atoms with Crippen LogP contribution in [0.1, 0.15) is 32.3 Å². The van der Waals surface area contributed by atoms with Crippen molar-refractivity contribution in [3.05, 3.63) is 23.8 Å². The van der Waals surface area contributed by atoms with Crippen LogP contribution in [0.4, 0.5) is 0 Å². The van der Waals surface area contributed by atoms with Gasteiger partial charge in [0.05, 0.1) is 7.11 Å². The first-order valence-electron chi connectivity index (χ1n) is 10.0. The Balaban J connectivity index is 1.95. The molecule has 27 heavy (non-hydrogen) atoms. The number of aliphatic hydroxyl groups excluding tert-OH is 1. The van der Waals surface area contributed by atoms with Gasteiger partial charge in [-0.3, -0.25) is 4.90 Å². The van der Waals surface area contributed by atoms with E-state index in [1.54, 1.807) is 7.11 Å². The second-order valence-corrected chi connectivity index (χ2v) is 7.19. The summed E-state index contributed by atoms with van der Waals surface area (Å²) in [4.78, 5) is 4.56. The normalized spacial score (nSPS) is 16.7. The van der Waals surface area contributed by atoms with Gasteiger partial charge < -0.3 is 24.2 Å². The van der Waals surface area contributed by atoms with Crippen molar-refractivity contribution < 1.29 is 19.3 Å². The highest BCUT2D eigenvalue weighted by molar-refractivity contribution is 5.43. The molecular formula is C21H36N2O4. The van der Waals surface area contributed by atoms with Gasteiger partial charge in [0.2, 0.25) is 0 Å². The molecule has 0 spiro atoms. The standard InChI is InChI=1S/C21H36N2O4/c1-5-23(6-2)15-19(24)16-27-21-13-17(7-8-20(21)25-4)14-22(3)18-9-11-26-12-10-18/h7-8,13,18-19,24H,5-6,9-12,14-16H2,1-4H3/t19-/m0/s1. The van der Waals surface area contributed by atoms with Gasteiger partial charge in [-0.2, -0.15) is 0 Å². The zero-order chi connectivity index (χ0) is 19.6. The summed E-state index contributed by atoms with van der Waals surface area (Å²) in [5.74, 6) is 1.39. The predicted molar refractivity (Wildman–Crippen MR) is 108 cm³/mol. The van der Waals surface area contributed by atoms with Crippen LogP contribution in [0.25, 0.3) is 0 Å². The van der Waals surface area contributed by atoms with Gasteiger partial charge in [-0.15, -0.1) is 0 Å². The molecule has 0 radical (unpaired) electrons. The third kappa shape index (κ3) is 6.96. The summed E-state index contributed by atoms with van der Waals surface area (Å²) in [7, 11) is 3.80. The predicted octanol–water partition coefficient (Wildman–Crippen LogP) is 2.39. The molecule has 1 aromatic carbocycles. The second-order valence-electron chi connectivity index (χ2n) is 7.19. The zero-order valence-electron chi connectivity index (χ0n) is 17.3. The minimum atomic E-state index is -0.525. The Bertz CT molecular complexity index is 545. The summed E-state index contributed by atoms with van der Waals surface area (Å²) < 4.78 is 16.8. The van der Waals surface area contributed by atoms with Crippen LogP contribution in [0.2, 0.25) is 0 Å². The van der Waals surface area contributed by atoms with Crippen molar-refractivity contribution in [1.82, 2.24) is 9.80 Å². The summed E-state index contributed by atoms with van der Waals surface area (Å²) in [5.41, 5.74) is 1.18. The summed E-state index contributed by atoms with van der Waals surface area (Å²) in [5, 5.41) is 10.3. The monoisotopic (exact) mass is 380 g/mol. The number of benzene rings is 1. The smallest absolute Gasteiger partial charge is 0.161 e. The molecule has 1 heterocycles. The van der Waals surface area contributed by atoms with Crippen LogP contribution in [-0.2, 0) is 11.3 Å². The molecule has 1 N–H and O–H groups in total. The molecule has 1 aromatic rings. The Morgan fingerprint density at radius 2 is 1.89 bits per heavy atom. The van der Waals surface area contributed by atoms with E-state index in [0.717, 1.165) is 45.7 Å². The van der Waals surface area contributed by atoms with Crippen LogP contribution in [0.5, 0.6) is 11.5 Å². The molecule has 0 aromatic heterocycles. The Morgan fingerprint density at radius 3 is 2.52 bits per heavy atom. The lowest BCUT2D eigenvalue weighted by Crippen LogP contribution is -2.36. The Hall–Kier alpha value is -1.34. The molecule has 1 aliphatic heterocycles. The topological polar surface area (TPSA) is 54.4 Å². The van der Waals surface area contributed by atoms with Gasteiger partial charge in [0, 0.05) is 32.3 Å². The van der Waals surface area contributed by atoms with Crippen LogP contribution >= 0.6 is 0 Å². The Morgan fingerprint density at radius 1 is 1.19 bits per heavy atom. The molecule has 0 amide bonds. The number of rotatable bonds is 11. The number of hydrogen-bond donors (Lipinski definition) is 1. The summed E-state index contributed by atoms with van der Waals surface area (Å²) in [6.45, 7) is 9.44. The second kappa shape index (κ2) is 11.5. The van der Waals surface area contributed by atoms with Gasteiger partial charge in [0.15, 0.2) is 11.5 Å². The van der Waals surface area contributed by atoms with Crippen LogP contribution in [0.3, 0.4) is 0 Å². The lowest BCUT2D eigenvalue weighted by Gasteiger charge is -2.31. The van der Waals surface area contributed by atoms with E-state index in [2.05, 4.69) is 36.8 Å². The lowest BCUT2D eigenvalue weighted by atomic mass is 10.1. The molecule has 0 unspecified atom stereocenters. The van der Waals surface area contributed by atoms with E-state index in [4.69, 9.17) is 14.2 Å². The molecule has 1 fully saturated rings. The van der Waals surface area contributed by atoms with Crippen LogP contribution in [0.15, 0.2) is 18.2 Å². The van der Waals surface area contributed by atoms with Gasteiger partial charge in [0.1, 0.15) is 12.7 Å². The molecule has 1 saturated heterocycles. The highest BCUT2D eigenvalue weighted by Crippen LogP contribution is 2.29. The first-order chi connectivity index (χ1) is 13.1. The maximum absolute atomic E-state index is 10.3. The van der Waals surface area contributed by atoms with Crippen LogP contribution in [0, 0.1) is 0 Å². The highest BCUT2D eigenvalue weighted by atomic mass is 16.5. The van der Waals surface area contributed by atoms with Crippen LogP contribution in [-0.4, -0.2) is 80.7 Å². The van der Waals surface area contributed by atoms with E-state index in [1.165, 1.54) is 5.56 Å². The molecule has 0 saturated carbocycles. The molecule has 2 rings (SSSR count). The molecule has 1 atom stereocenters. The summed E-state index contributed by atoms with van der Waals surface area (Å²) in [6.07, 6.45) is 1.63. The number of methoxy groups -OCH3 is 1. The number of aliphatic hydroxyl groups is 1. The molecular weight excluding hydrogens is 344 g/mol. The Kier molecular flexibility index (Phi) is 9.34. The number of nitrogens with zero attached hydrogens (tertiary/aromatic N) is 2. The van der Waals surface area contributed by atoms with Crippen LogP contribution < -0.4 is 9.47 Å². The largest absolute Gasteiger partial charge is 0.493 e. The van der Waals surface area contributed by atoms with Crippen molar-refractivity contribution in [1.29, 1.82) is 0 Å². The Labute approximate surface area is 164 Å². The molecule has 6 nitrogen and oxygen atoms in total. The van der Waals surface area contributed by atoms with E-state index in [9.17, 15) is 5.11 Å². The SMILES string of the molecule is CCN(CC)C[C@H](O)COc1cc(CN(C)C2CCOCC2)ccc1OC. The van der Waals surface area contributed by atoms with Gasteiger partial charge in [-0.1, -0.05) is 19.9 Å². The lowest BCUT2D eigenvalue weighted by molar-refractivity contribution is 0.0406. The van der Waals surface area contributed by atoms with E-state index in [0.29, 0.717) is 24.1 Å². The highest BCUT2D eigenvalue weighted by Gasteiger charge is 2.19. The first-order valence-corrected chi connectivity index (χ1v) is 10.0. The van der Waals surface area contributed by atoms with Gasteiger partial charge in [-0.05, 0) is 50.7 Å². The molecule has 0 bridgehead atoms. The van der Waals surface area contributed by atoms with Crippen molar-refractivity contribution in [2.75, 3.05) is 53.6 Å². The average Bonchev–Trinajstić information content (AvgIpc) is 2.71. The molecule has 6 heteroatoms. The van der Waals surface area contributed by atoms with Gasteiger partial charge >= 0.3 is 0 Å². The van der Waals surface area contributed by atoms with Crippen molar-refractivity contribution in [2.45, 2.75) is 45.4 Å². The van der Waals surface area contributed by atoms with E-state index in [-0.39, 0.29) is 6.61 Å². The third-order valence-electron chi connectivity index (χ3n) is 5.27. The fourth-order valence-corrected chi connectivity index (χ4v) is 3.49. The quantitative estimate of drug-likeness (QED) is 0.636. The van der Waals surface area contributed by atoms with Crippen molar-refractivity contribution in [3.63, 3.8) is 0 Å². The average molecular weight is 381 g/mol.